The van der Waals surface area contributed by atoms with Crippen molar-refractivity contribution in [2.24, 2.45) is 40.3 Å². The van der Waals surface area contributed by atoms with Crippen LogP contribution in [-0.4, -0.2) is 193 Å². The summed E-state index contributed by atoms with van der Waals surface area (Å²) in [4.78, 5) is 164. The number of aliphatic hydroxyl groups is 2. The van der Waals surface area contributed by atoms with E-state index < -0.39 is 157 Å². The molecule has 14 amide bonds. The first-order chi connectivity index (χ1) is 45.6. The molecule has 35 heteroatoms. The maximum Gasteiger partial charge on any atom is 0.319 e. The molecule has 3 aromatic carbocycles. The summed E-state index contributed by atoms with van der Waals surface area (Å²) in [6.45, 7) is 4.59. The van der Waals surface area contributed by atoms with Gasteiger partial charge in [0.2, 0.25) is 59.1 Å². The second kappa shape index (κ2) is 42.6. The van der Waals surface area contributed by atoms with Crippen molar-refractivity contribution in [1.29, 1.82) is 0 Å². The van der Waals surface area contributed by atoms with E-state index >= 15 is 0 Å². The number of para-hydroxylation sites is 2. The van der Waals surface area contributed by atoms with Gasteiger partial charge in [-0.15, -0.1) is 0 Å². The van der Waals surface area contributed by atoms with E-state index in [-0.39, 0.29) is 94.3 Å². The topological polar surface area (TPSA) is 558 Å². The summed E-state index contributed by atoms with van der Waals surface area (Å²) >= 11 is 11.9. The third kappa shape index (κ3) is 28.3. The SMILES string of the molecule is CC(C)C[C@@H]1NC(=O)[C@@H](Cc2ccccc2)NC(=O)[C@H](CCN)NC(=O)[C@@H](NC(=O)[C@H](CCN)NC(=O)[C@@H](NC(=O)[C@H](CCN)NC(=O)Nc2ccccc2Cl)[C@@H](C)O)CCNC(=O)[C@H]([C@@H](C)O)NC(=O)[C@H](CCN)NC(=O)[C@H](CCN)NC1=O.NC(=O)Nc1ccccc1Cl. The summed E-state index contributed by atoms with van der Waals surface area (Å²) in [5.41, 5.74) is 35.5. The minimum atomic E-state index is -1.77. The predicted octanol–water partition coefficient (Wildman–Crippen LogP) is -3.66. The largest absolute Gasteiger partial charge is 0.391 e. The van der Waals surface area contributed by atoms with Gasteiger partial charge >= 0.3 is 12.1 Å². The lowest BCUT2D eigenvalue weighted by Gasteiger charge is -2.29. The van der Waals surface area contributed by atoms with Gasteiger partial charge in [0.05, 0.1) is 33.6 Å². The summed E-state index contributed by atoms with van der Waals surface area (Å²) in [5, 5.41) is 54.8. The lowest BCUT2D eigenvalue weighted by atomic mass is 10.00. The molecule has 530 valence electrons. The summed E-state index contributed by atoms with van der Waals surface area (Å²) in [7, 11) is 0. The smallest absolute Gasteiger partial charge is 0.319 e. The fourth-order valence-corrected chi connectivity index (χ4v) is 9.81. The third-order valence-corrected chi connectivity index (χ3v) is 15.1. The Morgan fingerprint density at radius 2 is 0.969 bits per heavy atom. The number of benzene rings is 3. The molecule has 1 heterocycles. The average Bonchev–Trinajstić information content (AvgIpc) is 0.949. The van der Waals surface area contributed by atoms with Crippen molar-refractivity contribution >= 4 is 106 Å². The van der Waals surface area contributed by atoms with E-state index in [1.54, 1.807) is 80.6 Å². The Kier molecular flexibility index (Phi) is 36.1. The van der Waals surface area contributed by atoms with E-state index in [9.17, 15) is 67.7 Å². The maximum atomic E-state index is 14.5. The molecule has 1 aliphatic heterocycles. The molecule has 0 unspecified atom stereocenters. The molecule has 0 aromatic heterocycles. The van der Waals surface area contributed by atoms with Gasteiger partial charge in [-0.05, 0) is 127 Å². The van der Waals surface area contributed by atoms with Crippen molar-refractivity contribution in [3.05, 3.63) is 94.5 Å². The van der Waals surface area contributed by atoms with Gasteiger partial charge in [-0.2, -0.15) is 0 Å². The summed E-state index contributed by atoms with van der Waals surface area (Å²) < 4.78 is 0. The van der Waals surface area contributed by atoms with Crippen LogP contribution in [0.15, 0.2) is 78.9 Å². The van der Waals surface area contributed by atoms with Crippen LogP contribution in [0, 0.1) is 5.92 Å². The standard InChI is InChI=1S/C54H86ClN17O13.C7H7ClN2O/c1-28(2)26-40-50(81)64-34(14-20-56)44(75)63-37(17-23-59)48(79)71-42(29(3)73)52(83)61-25-19-39(47(78)62-35(15-21-57)46(77)68-41(51(82)67-40)27-31-10-6-5-7-11-31)65-45(76)36(16-22-58)66-53(84)43(30(4)74)72-49(80)38(18-24-60)70-54(85)69-33-13-9-8-12-32(33)55;8-5-3-1-2-4-6(5)10-7(9)11/h5-13,28-30,34-43,73-74H,14-27,56-60H2,1-4H3,(H,61,83)(H,62,78)(H,63,75)(H,64,81)(H,65,76)(H,66,84)(H,67,82)(H,68,77)(H,71,79)(H,72,80)(H2,69,70,85);1-4H,(H3,9,10,11)/t29-,30-,34+,35+,36+,37+,38+,39+,40+,41-,42+,43+;/m1./s1. The van der Waals surface area contributed by atoms with E-state index in [0.717, 1.165) is 0 Å². The molecule has 0 bridgehead atoms. The normalized spacial score (nSPS) is 20.9. The zero-order chi connectivity index (χ0) is 71.6. The minimum Gasteiger partial charge on any atom is -0.391 e. The molecule has 0 radical (unpaired) electrons. The van der Waals surface area contributed by atoms with Gasteiger partial charge in [0.15, 0.2) is 0 Å². The van der Waals surface area contributed by atoms with Crippen molar-refractivity contribution in [2.75, 3.05) is 49.9 Å². The van der Waals surface area contributed by atoms with Gasteiger partial charge in [-0.25, -0.2) is 9.59 Å². The highest BCUT2D eigenvalue weighted by atomic mass is 35.5. The molecule has 1 fully saturated rings. The lowest BCUT2D eigenvalue weighted by molar-refractivity contribution is -0.136. The number of hydrogen-bond acceptors (Lipinski definition) is 19. The Morgan fingerprint density at radius 3 is 1.45 bits per heavy atom. The van der Waals surface area contributed by atoms with Gasteiger partial charge in [0.1, 0.15) is 60.4 Å². The molecular weight excluding hydrogens is 1290 g/mol. The summed E-state index contributed by atoms with van der Waals surface area (Å²) in [6, 6.07) is 5.05. The highest BCUT2D eigenvalue weighted by Gasteiger charge is 2.38. The van der Waals surface area contributed by atoms with Crippen LogP contribution in [0.1, 0.15) is 78.2 Å². The van der Waals surface area contributed by atoms with Crippen LogP contribution >= 0.6 is 23.2 Å². The number of carbonyl (C=O) groups excluding carboxylic acids is 12. The van der Waals surface area contributed by atoms with Crippen LogP contribution in [0.2, 0.25) is 10.0 Å². The molecular formula is C61H93Cl2N19O14. The molecule has 0 spiro atoms. The van der Waals surface area contributed by atoms with Gasteiger partial charge in [-0.3, -0.25) is 47.9 Å². The van der Waals surface area contributed by atoms with E-state index in [0.29, 0.717) is 16.3 Å². The number of anilines is 2. The van der Waals surface area contributed by atoms with E-state index in [1.165, 1.54) is 26.0 Å². The fourth-order valence-electron chi connectivity index (χ4n) is 9.45. The number of nitrogens with one attached hydrogen (secondary N) is 13. The van der Waals surface area contributed by atoms with Gasteiger partial charge in [0, 0.05) is 13.0 Å². The Bertz CT molecular complexity index is 3080. The number of nitrogens with two attached hydrogens (primary N) is 6. The van der Waals surface area contributed by atoms with Crippen LogP contribution in [-0.2, 0) is 54.4 Å². The number of carbonyl (C=O) groups is 12. The van der Waals surface area contributed by atoms with Crippen LogP contribution in [0.25, 0.3) is 0 Å². The highest BCUT2D eigenvalue weighted by Crippen LogP contribution is 2.21. The predicted molar refractivity (Wildman–Crippen MR) is 358 cm³/mol. The van der Waals surface area contributed by atoms with E-state index in [4.69, 9.17) is 57.6 Å². The Labute approximate surface area is 566 Å². The zero-order valence-corrected chi connectivity index (χ0v) is 55.4. The zero-order valence-electron chi connectivity index (χ0n) is 53.9. The molecule has 96 heavy (non-hydrogen) atoms. The van der Waals surface area contributed by atoms with Crippen LogP contribution in [0.4, 0.5) is 21.0 Å². The molecule has 0 aliphatic carbocycles. The number of amides is 14. The third-order valence-electron chi connectivity index (χ3n) is 14.4. The quantitative estimate of drug-likeness (QED) is 0.0389. The number of primary amides is 1. The molecule has 1 aliphatic rings. The minimum absolute atomic E-state index is 0.0369. The molecule has 12 atom stereocenters. The van der Waals surface area contributed by atoms with Gasteiger partial charge in [0.25, 0.3) is 0 Å². The van der Waals surface area contributed by atoms with Crippen LogP contribution in [0.3, 0.4) is 0 Å². The molecule has 27 N–H and O–H groups in total. The second-order valence-electron chi connectivity index (χ2n) is 22.8. The van der Waals surface area contributed by atoms with Gasteiger partial charge < -0.3 is 114 Å². The van der Waals surface area contributed by atoms with Crippen LogP contribution < -0.4 is 104 Å². The Morgan fingerprint density at radius 1 is 0.521 bits per heavy atom. The molecule has 0 saturated carbocycles. The summed E-state index contributed by atoms with van der Waals surface area (Å²) in [5.74, 6) is -9.81. The number of aliphatic hydroxyl groups excluding tert-OH is 2. The lowest BCUT2D eigenvalue weighted by Crippen LogP contribution is -2.62. The first-order valence-electron chi connectivity index (χ1n) is 31.1. The van der Waals surface area contributed by atoms with Crippen molar-refractivity contribution in [1.82, 2.24) is 58.5 Å². The number of halogens is 2. The molecule has 33 nitrogen and oxygen atoms in total. The molecule has 3 aromatic rings. The van der Waals surface area contributed by atoms with Crippen molar-refractivity contribution in [3.8, 4) is 0 Å². The first kappa shape index (κ1) is 81.4. The number of rotatable bonds is 25. The van der Waals surface area contributed by atoms with Crippen LogP contribution in [0.5, 0.6) is 0 Å². The van der Waals surface area contributed by atoms with Crippen molar-refractivity contribution in [3.63, 3.8) is 0 Å². The molecule has 1 saturated heterocycles. The van der Waals surface area contributed by atoms with E-state index in [2.05, 4.69) is 69.1 Å². The first-order valence-corrected chi connectivity index (χ1v) is 31.9. The van der Waals surface area contributed by atoms with Gasteiger partial charge in [-0.1, -0.05) is 91.6 Å². The fraction of sp³-hybridized carbons (Fsp3) is 0.508. The average molecular weight is 1390 g/mol. The maximum absolute atomic E-state index is 14.5. The second-order valence-corrected chi connectivity index (χ2v) is 23.6. The number of urea groups is 2. The monoisotopic (exact) mass is 1390 g/mol. The Hall–Kier alpha value is -8.80. The molecule has 4 rings (SSSR count). The van der Waals surface area contributed by atoms with E-state index in [1.807, 2.05) is 0 Å². The number of hydrogen-bond donors (Lipinski definition) is 21. The summed E-state index contributed by atoms with van der Waals surface area (Å²) in [6.07, 6.45) is -4.78. The van der Waals surface area contributed by atoms with Crippen molar-refractivity contribution in [2.45, 2.75) is 152 Å². The Balaban J connectivity index is 0.00000197. The van der Waals surface area contributed by atoms with Crippen molar-refractivity contribution < 1.29 is 67.7 Å². The highest BCUT2D eigenvalue weighted by molar-refractivity contribution is 6.34.